The van der Waals surface area contributed by atoms with E-state index < -0.39 is 0 Å². The lowest BCUT2D eigenvalue weighted by Gasteiger charge is -2.42. The van der Waals surface area contributed by atoms with Gasteiger partial charge in [-0.05, 0) is 171 Å². The van der Waals surface area contributed by atoms with Crippen LogP contribution < -0.4 is 26.0 Å². The molecule has 0 amide bonds. The van der Waals surface area contributed by atoms with E-state index in [-0.39, 0.29) is 23.0 Å². The molecule has 0 saturated carbocycles. The number of hydrogen-bond donors (Lipinski definition) is 0. The first kappa shape index (κ1) is 50.8. The Morgan fingerprint density at radius 1 is 0.416 bits per heavy atom. The summed E-state index contributed by atoms with van der Waals surface area (Å²) < 4.78 is 12.5. The van der Waals surface area contributed by atoms with Crippen molar-refractivity contribution < 1.29 is 4.74 Å². The van der Waals surface area contributed by atoms with Crippen LogP contribution in [0.1, 0.15) is 155 Å². The van der Waals surface area contributed by atoms with Crippen molar-refractivity contribution in [2.45, 2.75) is 157 Å². The predicted molar refractivity (Wildman–Crippen MR) is 333 cm³/mol. The Labute approximate surface area is 459 Å². The van der Waals surface area contributed by atoms with Gasteiger partial charge in [-0.25, -0.2) is 0 Å². The fourth-order valence-corrected chi connectivity index (χ4v) is 12.9. The van der Waals surface area contributed by atoms with Crippen LogP contribution in [0.2, 0.25) is 0 Å². The maximum Gasteiger partial charge on any atom is 0.256 e. The summed E-state index contributed by atoms with van der Waals surface area (Å²) in [6.45, 7) is 27.9. The highest BCUT2D eigenvalue weighted by Crippen LogP contribution is 2.48. The van der Waals surface area contributed by atoms with E-state index in [1.54, 1.807) is 0 Å². The lowest BCUT2D eigenvalue weighted by Crippen LogP contribution is -2.59. The Morgan fingerprint density at radius 3 is 1.44 bits per heavy atom. The number of para-hydroxylation sites is 2. The van der Waals surface area contributed by atoms with Crippen LogP contribution in [0.3, 0.4) is 0 Å². The van der Waals surface area contributed by atoms with Crippen molar-refractivity contribution in [3.8, 4) is 22.9 Å². The van der Waals surface area contributed by atoms with Crippen molar-refractivity contribution in [1.29, 1.82) is 0 Å². The molecule has 2 aliphatic heterocycles. The van der Waals surface area contributed by atoms with Crippen LogP contribution in [0, 0.1) is 0 Å². The fraction of sp³-hybridized carbons (Fsp3) is 0.333. The van der Waals surface area contributed by atoms with Crippen molar-refractivity contribution in [3.05, 3.63) is 179 Å². The van der Waals surface area contributed by atoms with E-state index in [1.165, 1.54) is 129 Å². The van der Waals surface area contributed by atoms with Crippen LogP contribution >= 0.6 is 0 Å². The molecule has 8 aromatic carbocycles. The van der Waals surface area contributed by atoms with Gasteiger partial charge < -0.3 is 18.8 Å². The van der Waals surface area contributed by atoms with Crippen LogP contribution in [-0.4, -0.2) is 15.8 Å². The Hall–Kier alpha value is -6.98. The zero-order valence-electron chi connectivity index (χ0n) is 48.0. The van der Waals surface area contributed by atoms with Crippen molar-refractivity contribution in [3.63, 3.8) is 0 Å². The highest BCUT2D eigenvalue weighted by molar-refractivity contribution is 6.99. The van der Waals surface area contributed by atoms with Gasteiger partial charge in [0.25, 0.3) is 6.71 Å². The molecule has 12 rings (SSSR count). The molecule has 0 N–H and O–H groups in total. The molecule has 0 saturated heterocycles. The number of anilines is 3. The monoisotopic (exact) mass is 1010 g/mol. The second-order valence-electron chi connectivity index (χ2n) is 25.7. The summed E-state index contributed by atoms with van der Waals surface area (Å²) in [5, 5.41) is 5.13. The summed E-state index contributed by atoms with van der Waals surface area (Å²) in [7, 11) is 0. The molecular formula is C72H78BN3O. The highest BCUT2D eigenvalue weighted by atomic mass is 16.5. The van der Waals surface area contributed by atoms with Crippen LogP contribution in [0.5, 0.6) is 11.5 Å². The van der Waals surface area contributed by atoms with E-state index in [0.717, 1.165) is 62.1 Å². The number of unbranched alkanes of at least 4 members (excludes halogenated alkanes) is 3. The Morgan fingerprint density at radius 2 is 0.909 bits per heavy atom. The molecule has 4 heterocycles. The van der Waals surface area contributed by atoms with E-state index in [9.17, 15) is 0 Å². The topological polar surface area (TPSA) is 22.3 Å². The average molecular weight is 1010 g/mol. The lowest BCUT2D eigenvalue weighted by atomic mass is 9.34. The lowest BCUT2D eigenvalue weighted by molar-refractivity contribution is 0.483. The molecule has 2 aromatic heterocycles. The van der Waals surface area contributed by atoms with Gasteiger partial charge in [0.1, 0.15) is 11.5 Å². The van der Waals surface area contributed by atoms with E-state index in [2.05, 4.69) is 243 Å². The minimum atomic E-state index is -0.149. The molecule has 0 bridgehead atoms. The molecule has 0 spiro atoms. The Kier molecular flexibility index (Phi) is 12.7. The van der Waals surface area contributed by atoms with Crippen molar-refractivity contribution >= 4 is 83.8 Å². The van der Waals surface area contributed by atoms with Gasteiger partial charge in [0.2, 0.25) is 0 Å². The maximum atomic E-state index is 7.51. The maximum absolute atomic E-state index is 7.51. The second kappa shape index (κ2) is 19.2. The van der Waals surface area contributed by atoms with Gasteiger partial charge in [-0.1, -0.05) is 175 Å². The highest BCUT2D eigenvalue weighted by Gasteiger charge is 2.44. The minimum absolute atomic E-state index is 0.0271. The molecule has 0 atom stereocenters. The molecule has 0 aliphatic carbocycles. The molecule has 10 aromatic rings. The first-order chi connectivity index (χ1) is 37.0. The zero-order chi connectivity index (χ0) is 53.7. The Balaban J connectivity index is 1.14. The van der Waals surface area contributed by atoms with Gasteiger partial charge in [0.15, 0.2) is 0 Å². The zero-order valence-corrected chi connectivity index (χ0v) is 48.0. The number of fused-ring (bicyclic) bond motifs is 10. The van der Waals surface area contributed by atoms with Crippen molar-refractivity contribution in [2.24, 2.45) is 0 Å². The van der Waals surface area contributed by atoms with E-state index >= 15 is 0 Å². The molecular weight excluding hydrogens is 934 g/mol. The number of hydrogen-bond acceptors (Lipinski definition) is 2. The summed E-state index contributed by atoms with van der Waals surface area (Å²) in [4.78, 5) is 2.74. The molecule has 0 radical (unpaired) electrons. The van der Waals surface area contributed by atoms with E-state index in [4.69, 9.17) is 4.74 Å². The molecule has 390 valence electrons. The standard InChI is InChI=1S/C72H78BN3O/c1-13-16-23-46-38-47(24-17-14-2)69(48(39-46)25-18-15-3)76-64-44-52(74-60-28-21-19-26-54(60)56-40-49(70(4,5)6)30-36-62(56)74)32-34-58(64)73-59-35-33-53(45-66(59)77-67-43-51(72(10,11)12)42-65(76)68(67)73)75-61-29-22-20-27-55(61)57-41-50(71(7,8)9)31-37-63(57)75/h19-22,26-45H,13-18,23-25H2,1-12H3. The normalized spacial score (nSPS) is 13.5. The first-order valence-corrected chi connectivity index (χ1v) is 29.1. The third kappa shape index (κ3) is 8.68. The quantitative estimate of drug-likeness (QED) is 0.114. The molecule has 4 nitrogen and oxygen atoms in total. The van der Waals surface area contributed by atoms with Crippen molar-refractivity contribution in [1.82, 2.24) is 9.13 Å². The third-order valence-electron chi connectivity index (χ3n) is 17.2. The summed E-state index contributed by atoms with van der Waals surface area (Å²) in [5.41, 5.74) is 23.1. The van der Waals surface area contributed by atoms with Gasteiger partial charge in [-0.15, -0.1) is 0 Å². The first-order valence-electron chi connectivity index (χ1n) is 29.1. The SMILES string of the molecule is CCCCc1cc(CCCC)c(N2c3cc(-n4c5ccccc5c5cc(C(C)(C)C)ccc54)ccc3B3c4ccc(-n5c6ccccc6c6cc(C(C)(C)C)ccc65)cc4Oc4cc(C(C)(C)C)cc2c43)c(CCCC)c1. The molecule has 0 fully saturated rings. The fourth-order valence-electron chi connectivity index (χ4n) is 12.9. The van der Waals surface area contributed by atoms with Gasteiger partial charge in [-0.2, -0.15) is 0 Å². The van der Waals surface area contributed by atoms with Crippen molar-refractivity contribution in [2.75, 3.05) is 4.90 Å². The predicted octanol–water partition coefficient (Wildman–Crippen LogP) is 18.2. The van der Waals surface area contributed by atoms with Gasteiger partial charge in [-0.3, -0.25) is 0 Å². The molecule has 2 aliphatic rings. The summed E-state index contributed by atoms with van der Waals surface area (Å²) in [6.07, 6.45) is 10.1. The van der Waals surface area contributed by atoms with E-state index in [1.807, 2.05) is 0 Å². The molecule has 77 heavy (non-hydrogen) atoms. The smallest absolute Gasteiger partial charge is 0.256 e. The van der Waals surface area contributed by atoms with Gasteiger partial charge in [0, 0.05) is 50.4 Å². The number of aromatic nitrogens is 2. The third-order valence-corrected chi connectivity index (χ3v) is 17.2. The number of rotatable bonds is 12. The number of ether oxygens (including phenoxy) is 1. The van der Waals surface area contributed by atoms with Crippen LogP contribution in [-0.2, 0) is 35.5 Å². The number of aryl methyl sites for hydroxylation is 3. The number of nitrogens with zero attached hydrogens (tertiary/aromatic N) is 3. The molecule has 5 heteroatoms. The average Bonchev–Trinajstić information content (AvgIpc) is 4.00. The minimum Gasteiger partial charge on any atom is -0.458 e. The van der Waals surface area contributed by atoms with Crippen LogP contribution in [0.15, 0.2) is 146 Å². The van der Waals surface area contributed by atoms with Crippen LogP contribution in [0.4, 0.5) is 17.1 Å². The number of benzene rings is 8. The molecule has 0 unspecified atom stereocenters. The summed E-state index contributed by atoms with van der Waals surface area (Å²) in [6, 6.07) is 56.8. The largest absolute Gasteiger partial charge is 0.458 e. The van der Waals surface area contributed by atoms with E-state index in [0.29, 0.717) is 0 Å². The van der Waals surface area contributed by atoms with Gasteiger partial charge >= 0.3 is 0 Å². The van der Waals surface area contributed by atoms with Crippen LogP contribution in [0.25, 0.3) is 55.0 Å². The Bertz CT molecular complexity index is 3910. The summed E-state index contributed by atoms with van der Waals surface area (Å²) >= 11 is 0. The van der Waals surface area contributed by atoms with Gasteiger partial charge in [0.05, 0.1) is 27.8 Å². The second-order valence-corrected chi connectivity index (χ2v) is 25.7. The summed E-state index contributed by atoms with van der Waals surface area (Å²) in [5.74, 6) is 1.88.